The van der Waals surface area contributed by atoms with Crippen LogP contribution < -0.4 is 19.1 Å². The van der Waals surface area contributed by atoms with Gasteiger partial charge < -0.3 is 19.3 Å². The molecule has 0 saturated heterocycles. The Hall–Kier alpha value is -4.51. The number of aromatic nitrogens is 4. The van der Waals surface area contributed by atoms with E-state index in [2.05, 4.69) is 15.0 Å². The van der Waals surface area contributed by atoms with Crippen molar-refractivity contribution in [3.05, 3.63) is 60.6 Å². The van der Waals surface area contributed by atoms with Gasteiger partial charge in [-0.25, -0.2) is 19.7 Å². The van der Waals surface area contributed by atoms with Crippen molar-refractivity contribution in [3.63, 3.8) is 0 Å². The molecular formula is C26H21N5O5S. The predicted molar refractivity (Wildman–Crippen MR) is 139 cm³/mol. The first kappa shape index (κ1) is 22.9. The van der Waals surface area contributed by atoms with Crippen LogP contribution in [0.15, 0.2) is 55.0 Å². The molecule has 0 bridgehead atoms. The van der Waals surface area contributed by atoms with E-state index in [1.54, 1.807) is 31.6 Å². The maximum Gasteiger partial charge on any atom is 0.411 e. The van der Waals surface area contributed by atoms with E-state index in [0.29, 0.717) is 23.1 Å². The summed E-state index contributed by atoms with van der Waals surface area (Å²) in [6.45, 7) is 2.30. The van der Waals surface area contributed by atoms with E-state index >= 15 is 0 Å². The Kier molecular flexibility index (Phi) is 5.68. The van der Waals surface area contributed by atoms with Crippen LogP contribution in [0.25, 0.3) is 31.8 Å². The molecular weight excluding hydrogens is 494 g/mol. The Morgan fingerprint density at radius 1 is 1.22 bits per heavy atom. The number of hydrogen-bond donors (Lipinski definition) is 1. The number of ether oxygens (including phenoxy) is 3. The number of anilines is 1. The summed E-state index contributed by atoms with van der Waals surface area (Å²) in [4.78, 5) is 31.0. The van der Waals surface area contributed by atoms with E-state index in [4.69, 9.17) is 19.2 Å². The zero-order valence-corrected chi connectivity index (χ0v) is 20.7. The van der Waals surface area contributed by atoms with Gasteiger partial charge in [0.05, 0.1) is 48.3 Å². The molecule has 6 rings (SSSR count). The van der Waals surface area contributed by atoms with E-state index < -0.39 is 12.2 Å². The van der Waals surface area contributed by atoms with Crippen LogP contribution in [-0.2, 0) is 0 Å². The molecule has 2 aromatic carbocycles. The number of nitrogens with zero attached hydrogens (tertiary/aromatic N) is 5. The van der Waals surface area contributed by atoms with E-state index in [0.717, 1.165) is 37.4 Å². The lowest BCUT2D eigenvalue weighted by Gasteiger charge is -2.30. The Morgan fingerprint density at radius 2 is 2.11 bits per heavy atom. The Bertz CT molecular complexity index is 1640. The van der Waals surface area contributed by atoms with Gasteiger partial charge in [0.15, 0.2) is 17.6 Å². The lowest BCUT2D eigenvalue weighted by molar-refractivity contribution is 0.0962. The molecule has 5 aromatic rings. The third-order valence-electron chi connectivity index (χ3n) is 5.97. The third kappa shape index (κ3) is 4.23. The number of thiazole rings is 1. The predicted octanol–water partition coefficient (Wildman–Crippen LogP) is 4.94. The average Bonchev–Trinajstić information content (AvgIpc) is 3.35. The van der Waals surface area contributed by atoms with Crippen molar-refractivity contribution >= 4 is 44.4 Å². The first-order valence-corrected chi connectivity index (χ1v) is 12.3. The Labute approximate surface area is 215 Å². The smallest absolute Gasteiger partial charge is 0.411 e. The summed E-state index contributed by atoms with van der Waals surface area (Å²) in [6, 6.07) is 11.1. The molecule has 1 atom stereocenters. The van der Waals surface area contributed by atoms with Crippen molar-refractivity contribution in [2.24, 2.45) is 0 Å². The van der Waals surface area contributed by atoms with Crippen molar-refractivity contribution in [1.29, 1.82) is 0 Å². The highest BCUT2D eigenvalue weighted by Crippen LogP contribution is 2.44. The zero-order chi connectivity index (χ0) is 25.5. The SMILES string of the molecule is COc1cnc2c(-c3nc4ccc5c(c4s3)OC[C@@H](CN(C(=O)O)c3cccnc3)O5)cc(C)cc2n1. The first-order chi connectivity index (χ1) is 18.0. The minimum atomic E-state index is -1.09. The largest absolute Gasteiger partial charge is 0.484 e. The van der Waals surface area contributed by atoms with E-state index in [9.17, 15) is 9.90 Å². The van der Waals surface area contributed by atoms with Gasteiger partial charge in [-0.15, -0.1) is 11.3 Å². The van der Waals surface area contributed by atoms with Gasteiger partial charge in [-0.1, -0.05) is 0 Å². The lowest BCUT2D eigenvalue weighted by atomic mass is 10.1. The van der Waals surface area contributed by atoms with Crippen molar-refractivity contribution in [2.45, 2.75) is 13.0 Å². The van der Waals surface area contributed by atoms with E-state index in [1.165, 1.54) is 22.4 Å². The van der Waals surface area contributed by atoms with Crippen molar-refractivity contribution in [1.82, 2.24) is 19.9 Å². The molecule has 0 spiro atoms. The topological polar surface area (TPSA) is 120 Å². The average molecular weight is 516 g/mol. The fourth-order valence-corrected chi connectivity index (χ4v) is 5.37. The number of benzene rings is 2. The summed E-state index contributed by atoms with van der Waals surface area (Å²) < 4.78 is 18.4. The summed E-state index contributed by atoms with van der Waals surface area (Å²) in [5.41, 5.74) is 4.63. The second kappa shape index (κ2) is 9.17. The highest BCUT2D eigenvalue weighted by Gasteiger charge is 2.29. The van der Waals surface area contributed by atoms with Crippen LogP contribution in [0, 0.1) is 6.92 Å². The summed E-state index contributed by atoms with van der Waals surface area (Å²) in [7, 11) is 1.56. The molecule has 0 unspecified atom stereocenters. The van der Waals surface area contributed by atoms with Gasteiger partial charge in [0, 0.05) is 11.8 Å². The number of pyridine rings is 1. The number of rotatable bonds is 5. The molecule has 3 aromatic heterocycles. The number of aryl methyl sites for hydroxylation is 1. The van der Waals surface area contributed by atoms with Crippen LogP contribution in [0.4, 0.5) is 10.5 Å². The van der Waals surface area contributed by atoms with Crippen molar-refractivity contribution in [3.8, 4) is 28.0 Å². The van der Waals surface area contributed by atoms with E-state index in [1.807, 2.05) is 31.2 Å². The molecule has 10 nitrogen and oxygen atoms in total. The molecule has 1 amide bonds. The third-order valence-corrected chi connectivity index (χ3v) is 7.07. The maximum atomic E-state index is 11.9. The highest BCUT2D eigenvalue weighted by atomic mass is 32.1. The van der Waals surface area contributed by atoms with Crippen LogP contribution in [0.2, 0.25) is 0 Å². The number of amides is 1. The lowest BCUT2D eigenvalue weighted by Crippen LogP contribution is -2.43. The quantitative estimate of drug-likeness (QED) is 0.347. The van der Waals surface area contributed by atoms with Gasteiger partial charge in [0.2, 0.25) is 5.88 Å². The Morgan fingerprint density at radius 3 is 2.89 bits per heavy atom. The van der Waals surface area contributed by atoms with Gasteiger partial charge in [0.1, 0.15) is 16.3 Å². The maximum absolute atomic E-state index is 11.9. The number of carboxylic acid groups (broad SMARTS) is 1. The fraction of sp³-hybridized carbons (Fsp3) is 0.192. The summed E-state index contributed by atoms with van der Waals surface area (Å²) in [6.07, 6.45) is 3.12. The molecule has 1 aliphatic heterocycles. The van der Waals surface area contributed by atoms with Gasteiger partial charge in [-0.2, -0.15) is 0 Å². The molecule has 0 saturated carbocycles. The van der Waals surface area contributed by atoms with Crippen molar-refractivity contribution < 1.29 is 24.1 Å². The number of methoxy groups -OCH3 is 1. The first-order valence-electron chi connectivity index (χ1n) is 11.5. The van der Waals surface area contributed by atoms with Gasteiger partial charge in [0.25, 0.3) is 0 Å². The Balaban J connectivity index is 1.33. The van der Waals surface area contributed by atoms with E-state index in [-0.39, 0.29) is 13.2 Å². The number of fused-ring (bicyclic) bond motifs is 4. The molecule has 11 heteroatoms. The molecule has 0 aliphatic carbocycles. The second-order valence-electron chi connectivity index (χ2n) is 8.51. The monoisotopic (exact) mass is 515 g/mol. The second-order valence-corrected chi connectivity index (χ2v) is 9.51. The molecule has 1 aliphatic rings. The number of hydrogen-bond acceptors (Lipinski definition) is 9. The highest BCUT2D eigenvalue weighted by molar-refractivity contribution is 7.22. The van der Waals surface area contributed by atoms with Gasteiger partial charge in [-0.3, -0.25) is 9.88 Å². The van der Waals surface area contributed by atoms with Crippen LogP contribution in [0.1, 0.15) is 5.56 Å². The molecule has 1 N–H and O–H groups in total. The van der Waals surface area contributed by atoms with Gasteiger partial charge >= 0.3 is 6.09 Å². The van der Waals surface area contributed by atoms with Crippen LogP contribution in [0.3, 0.4) is 0 Å². The zero-order valence-electron chi connectivity index (χ0n) is 19.9. The molecule has 0 radical (unpaired) electrons. The van der Waals surface area contributed by atoms with Crippen LogP contribution in [0.5, 0.6) is 17.4 Å². The molecule has 186 valence electrons. The standard InChI is InChI=1S/C26H21N5O5S/c1-14-8-17(22-19(9-14)29-21(34-2)11-28-22)25-30-18-5-6-20-23(24(18)37-25)35-13-16(36-20)12-31(26(32)33)15-4-3-7-27-10-15/h3-11,16H,12-13H2,1-2H3,(H,32,33)/t16-/m1/s1. The van der Waals surface area contributed by atoms with Crippen LogP contribution >= 0.6 is 11.3 Å². The summed E-state index contributed by atoms with van der Waals surface area (Å²) in [5.74, 6) is 1.60. The van der Waals surface area contributed by atoms with Crippen molar-refractivity contribution in [2.75, 3.05) is 25.2 Å². The minimum absolute atomic E-state index is 0.101. The molecule has 37 heavy (non-hydrogen) atoms. The normalized spacial score (nSPS) is 14.6. The minimum Gasteiger partial charge on any atom is -0.484 e. The summed E-state index contributed by atoms with van der Waals surface area (Å²) >= 11 is 1.49. The number of carbonyl (C=O) groups is 1. The van der Waals surface area contributed by atoms with Gasteiger partial charge in [-0.05, 0) is 48.9 Å². The van der Waals surface area contributed by atoms with Crippen LogP contribution in [-0.4, -0.2) is 57.5 Å². The fourth-order valence-electron chi connectivity index (χ4n) is 4.29. The molecule has 0 fully saturated rings. The summed E-state index contributed by atoms with van der Waals surface area (Å²) in [5, 5.41) is 10.5. The molecule has 4 heterocycles.